The first-order chi connectivity index (χ1) is 7.81. The Morgan fingerprint density at radius 3 is 2.88 bits per heavy atom. The molecule has 0 amide bonds. The third-order valence-electron chi connectivity index (χ3n) is 1.89. The molecule has 0 saturated heterocycles. The zero-order chi connectivity index (χ0) is 11.4. The first-order valence-electron chi connectivity index (χ1n) is 4.48. The Balaban J connectivity index is 2.40. The van der Waals surface area contributed by atoms with Crippen LogP contribution in [0.1, 0.15) is 0 Å². The first-order valence-corrected chi connectivity index (χ1v) is 4.48. The molecule has 0 saturated carbocycles. The molecule has 0 unspecified atom stereocenters. The topological polar surface area (TPSA) is 98.8 Å². The summed E-state index contributed by atoms with van der Waals surface area (Å²) in [6.07, 6.45) is 4.39. The molecule has 7 heteroatoms. The monoisotopic (exact) mass is 218 g/mol. The van der Waals surface area contributed by atoms with Crippen LogP contribution in [0.3, 0.4) is 0 Å². The summed E-state index contributed by atoms with van der Waals surface area (Å²) in [5, 5.41) is 0. The van der Waals surface area contributed by atoms with Crippen molar-refractivity contribution in [2.75, 3.05) is 18.3 Å². The maximum Gasteiger partial charge on any atom is 0.153 e. The van der Waals surface area contributed by atoms with E-state index in [2.05, 4.69) is 25.4 Å². The lowest BCUT2D eigenvalue weighted by Gasteiger charge is -2.05. The van der Waals surface area contributed by atoms with Crippen LogP contribution in [-0.4, -0.2) is 27.0 Å². The van der Waals surface area contributed by atoms with E-state index in [4.69, 9.17) is 10.6 Å². The van der Waals surface area contributed by atoms with Gasteiger partial charge in [-0.15, -0.1) is 0 Å². The third kappa shape index (κ3) is 2.04. The van der Waals surface area contributed by atoms with Crippen molar-refractivity contribution in [3.63, 3.8) is 0 Å². The highest BCUT2D eigenvalue weighted by atomic mass is 16.6. The predicted octanol–water partition coefficient (Wildman–Crippen LogP) is 0.489. The van der Waals surface area contributed by atoms with Gasteiger partial charge in [0.2, 0.25) is 0 Å². The Kier molecular flexibility index (Phi) is 2.88. The largest absolute Gasteiger partial charge is 0.383 e. The molecule has 2 heterocycles. The maximum absolute atomic E-state index is 5.71. The first kappa shape index (κ1) is 10.2. The smallest absolute Gasteiger partial charge is 0.153 e. The SMILES string of the molecule is CONc1cc(-c2cncnc2N)ncn1. The molecule has 7 nitrogen and oxygen atoms in total. The Morgan fingerprint density at radius 1 is 1.25 bits per heavy atom. The number of hydrogen-bond acceptors (Lipinski definition) is 7. The van der Waals surface area contributed by atoms with E-state index < -0.39 is 0 Å². The van der Waals surface area contributed by atoms with Crippen molar-refractivity contribution in [3.8, 4) is 11.3 Å². The number of aromatic nitrogens is 4. The Bertz CT molecular complexity index is 489. The lowest BCUT2D eigenvalue weighted by Crippen LogP contribution is -2.01. The van der Waals surface area contributed by atoms with Crippen LogP contribution >= 0.6 is 0 Å². The van der Waals surface area contributed by atoms with Gasteiger partial charge >= 0.3 is 0 Å². The highest BCUT2D eigenvalue weighted by molar-refractivity contribution is 5.70. The Hall–Kier alpha value is -2.28. The summed E-state index contributed by atoms with van der Waals surface area (Å²) in [5.41, 5.74) is 9.61. The van der Waals surface area contributed by atoms with Crippen LogP contribution in [0.4, 0.5) is 11.6 Å². The molecule has 0 radical (unpaired) electrons. The molecule has 2 aromatic rings. The number of nitrogens with zero attached hydrogens (tertiary/aromatic N) is 4. The van der Waals surface area contributed by atoms with Crippen LogP contribution in [-0.2, 0) is 4.84 Å². The van der Waals surface area contributed by atoms with Gasteiger partial charge in [-0.05, 0) is 0 Å². The van der Waals surface area contributed by atoms with Crippen molar-refractivity contribution >= 4 is 11.6 Å². The molecule has 0 aliphatic rings. The van der Waals surface area contributed by atoms with Gasteiger partial charge in [0.15, 0.2) is 5.82 Å². The van der Waals surface area contributed by atoms with Gasteiger partial charge in [0.25, 0.3) is 0 Å². The Labute approximate surface area is 91.7 Å². The van der Waals surface area contributed by atoms with Crippen molar-refractivity contribution in [1.82, 2.24) is 19.9 Å². The maximum atomic E-state index is 5.71. The molecule has 2 rings (SSSR count). The van der Waals surface area contributed by atoms with Crippen molar-refractivity contribution in [2.24, 2.45) is 0 Å². The fourth-order valence-corrected chi connectivity index (χ4v) is 1.20. The van der Waals surface area contributed by atoms with E-state index in [1.165, 1.54) is 19.8 Å². The minimum atomic E-state index is 0.372. The lowest BCUT2D eigenvalue weighted by atomic mass is 10.2. The molecule has 3 N–H and O–H groups in total. The van der Waals surface area contributed by atoms with E-state index in [9.17, 15) is 0 Å². The molecule has 82 valence electrons. The van der Waals surface area contributed by atoms with Gasteiger partial charge in [0.1, 0.15) is 18.5 Å². The number of rotatable bonds is 3. The van der Waals surface area contributed by atoms with Crippen molar-refractivity contribution in [3.05, 3.63) is 24.9 Å². The Morgan fingerprint density at radius 2 is 2.12 bits per heavy atom. The van der Waals surface area contributed by atoms with Crippen LogP contribution in [0.5, 0.6) is 0 Å². The van der Waals surface area contributed by atoms with Crippen LogP contribution in [0.25, 0.3) is 11.3 Å². The summed E-state index contributed by atoms with van der Waals surface area (Å²) in [6.45, 7) is 0. The summed E-state index contributed by atoms with van der Waals surface area (Å²) >= 11 is 0. The molecule has 0 aliphatic carbocycles. The summed E-state index contributed by atoms with van der Waals surface area (Å²) in [5.74, 6) is 0.910. The molecule has 0 fully saturated rings. The molecule has 0 spiro atoms. The standard InChI is InChI=1S/C9H10N6O/c1-16-15-8-2-7(12-5-13-8)6-3-11-4-14-9(6)10/h2-5H,1H3,(H2,10,11,14)(H,12,13,15). The minimum Gasteiger partial charge on any atom is -0.383 e. The van der Waals surface area contributed by atoms with E-state index in [1.54, 1.807) is 12.3 Å². The summed E-state index contributed by atoms with van der Waals surface area (Å²) < 4.78 is 0. The molecule has 0 atom stereocenters. The summed E-state index contributed by atoms with van der Waals surface area (Å²) in [7, 11) is 1.50. The second-order valence-electron chi connectivity index (χ2n) is 2.92. The molecular formula is C9H10N6O. The van der Waals surface area contributed by atoms with E-state index in [1.807, 2.05) is 0 Å². The average Bonchev–Trinajstić information content (AvgIpc) is 2.30. The molecule has 16 heavy (non-hydrogen) atoms. The minimum absolute atomic E-state index is 0.372. The number of nitrogens with two attached hydrogens (primary N) is 1. The molecule has 0 bridgehead atoms. The lowest BCUT2D eigenvalue weighted by molar-refractivity contribution is 0.269. The van der Waals surface area contributed by atoms with E-state index in [-0.39, 0.29) is 0 Å². The molecule has 0 aliphatic heterocycles. The predicted molar refractivity (Wildman–Crippen MR) is 58.1 cm³/mol. The highest BCUT2D eigenvalue weighted by Crippen LogP contribution is 2.21. The van der Waals surface area contributed by atoms with Gasteiger partial charge in [0, 0.05) is 12.3 Å². The fourth-order valence-electron chi connectivity index (χ4n) is 1.20. The highest BCUT2D eigenvalue weighted by Gasteiger charge is 2.06. The van der Waals surface area contributed by atoms with Gasteiger partial charge in [-0.25, -0.2) is 25.4 Å². The van der Waals surface area contributed by atoms with Gasteiger partial charge in [-0.3, -0.25) is 4.84 Å². The second-order valence-corrected chi connectivity index (χ2v) is 2.92. The number of hydrogen-bond donors (Lipinski definition) is 2. The van der Waals surface area contributed by atoms with Gasteiger partial charge in [0.05, 0.1) is 18.4 Å². The molecular weight excluding hydrogens is 208 g/mol. The number of anilines is 2. The summed E-state index contributed by atoms with van der Waals surface area (Å²) in [6, 6.07) is 1.69. The van der Waals surface area contributed by atoms with Crippen LogP contribution in [0.2, 0.25) is 0 Å². The van der Waals surface area contributed by atoms with Gasteiger partial charge < -0.3 is 5.73 Å². The molecule has 2 aromatic heterocycles. The van der Waals surface area contributed by atoms with Crippen molar-refractivity contribution in [1.29, 1.82) is 0 Å². The van der Waals surface area contributed by atoms with Crippen molar-refractivity contribution < 1.29 is 4.84 Å². The zero-order valence-corrected chi connectivity index (χ0v) is 8.58. The number of nitrogen functional groups attached to an aromatic ring is 1. The zero-order valence-electron chi connectivity index (χ0n) is 8.58. The average molecular weight is 218 g/mol. The van der Waals surface area contributed by atoms with Crippen molar-refractivity contribution in [2.45, 2.75) is 0 Å². The van der Waals surface area contributed by atoms with E-state index in [0.29, 0.717) is 22.9 Å². The third-order valence-corrected chi connectivity index (χ3v) is 1.89. The van der Waals surface area contributed by atoms with Gasteiger partial charge in [-0.1, -0.05) is 0 Å². The van der Waals surface area contributed by atoms with E-state index >= 15 is 0 Å². The van der Waals surface area contributed by atoms with Crippen LogP contribution in [0, 0.1) is 0 Å². The van der Waals surface area contributed by atoms with Gasteiger partial charge in [-0.2, -0.15) is 0 Å². The van der Waals surface area contributed by atoms with E-state index in [0.717, 1.165) is 0 Å². The second kappa shape index (κ2) is 4.49. The van der Waals surface area contributed by atoms with Crippen LogP contribution in [0.15, 0.2) is 24.9 Å². The normalized spacial score (nSPS) is 10.1. The number of nitrogens with one attached hydrogen (secondary N) is 1. The van der Waals surface area contributed by atoms with Crippen LogP contribution < -0.4 is 11.2 Å². The molecule has 0 aromatic carbocycles. The summed E-state index contributed by atoms with van der Waals surface area (Å²) in [4.78, 5) is 20.6. The fraction of sp³-hybridized carbons (Fsp3) is 0.111. The quantitative estimate of drug-likeness (QED) is 0.723.